The molecule has 1 aliphatic rings. The molecule has 2 aromatic rings. The Morgan fingerprint density at radius 3 is 2.96 bits per heavy atom. The molecule has 0 fully saturated rings. The Morgan fingerprint density at radius 1 is 1.42 bits per heavy atom. The number of aryl methyl sites for hydroxylation is 1. The van der Waals surface area contributed by atoms with E-state index in [0.717, 1.165) is 36.6 Å². The number of ether oxygens (including phenoxy) is 2. The highest BCUT2D eigenvalue weighted by Gasteiger charge is 2.23. The highest BCUT2D eigenvalue weighted by Crippen LogP contribution is 2.23. The van der Waals surface area contributed by atoms with Crippen LogP contribution >= 0.6 is 0 Å². The molecule has 2 atom stereocenters. The lowest BCUT2D eigenvalue weighted by Gasteiger charge is -2.27. The second-order valence-corrected chi connectivity index (χ2v) is 6.08. The Labute approximate surface area is 141 Å². The van der Waals surface area contributed by atoms with Crippen LogP contribution in [0.5, 0.6) is 5.75 Å². The van der Waals surface area contributed by atoms with Gasteiger partial charge in [0.05, 0.1) is 13.7 Å². The predicted molar refractivity (Wildman–Crippen MR) is 87.3 cm³/mol. The number of fused-ring (bicyclic) bond motifs is 1. The quantitative estimate of drug-likeness (QED) is 0.878. The van der Waals surface area contributed by atoms with E-state index in [0.29, 0.717) is 6.61 Å². The highest BCUT2D eigenvalue weighted by molar-refractivity contribution is 5.30. The summed E-state index contributed by atoms with van der Waals surface area (Å²) in [5, 5.41) is 8.03. The van der Waals surface area contributed by atoms with Crippen LogP contribution in [0.3, 0.4) is 0 Å². The maximum Gasteiger partial charge on any atom is 0.176 e. The van der Waals surface area contributed by atoms with Gasteiger partial charge in [-0.1, -0.05) is 6.07 Å². The summed E-state index contributed by atoms with van der Waals surface area (Å²) < 4.78 is 25.9. The molecule has 0 radical (unpaired) electrons. The van der Waals surface area contributed by atoms with Gasteiger partial charge in [-0.25, -0.2) is 14.1 Å². The zero-order valence-corrected chi connectivity index (χ0v) is 14.3. The van der Waals surface area contributed by atoms with Crippen LogP contribution in [0.15, 0.2) is 18.2 Å². The Balaban J connectivity index is 1.64. The van der Waals surface area contributed by atoms with Gasteiger partial charge < -0.3 is 14.8 Å². The minimum atomic E-state index is -0.338. The van der Waals surface area contributed by atoms with Gasteiger partial charge in [0.25, 0.3) is 0 Å². The van der Waals surface area contributed by atoms with E-state index in [-0.39, 0.29) is 23.7 Å². The lowest BCUT2D eigenvalue weighted by molar-refractivity contribution is 0.177. The molecular weight excluding hydrogens is 311 g/mol. The second kappa shape index (κ2) is 7.27. The molecule has 1 aromatic carbocycles. The number of nitrogens with zero attached hydrogens (tertiary/aromatic N) is 3. The minimum Gasteiger partial charge on any atom is -0.494 e. The number of methoxy groups -OCH3 is 2. The van der Waals surface area contributed by atoms with Crippen LogP contribution in [0.2, 0.25) is 0 Å². The van der Waals surface area contributed by atoms with E-state index in [1.807, 2.05) is 17.7 Å². The van der Waals surface area contributed by atoms with Crippen LogP contribution in [0.4, 0.5) is 4.39 Å². The molecule has 0 bridgehead atoms. The zero-order valence-electron chi connectivity index (χ0n) is 14.3. The Hall–Kier alpha value is -1.99. The average Bonchev–Trinajstić information content (AvgIpc) is 2.96. The zero-order chi connectivity index (χ0) is 17.1. The van der Waals surface area contributed by atoms with Crippen LogP contribution in [-0.2, 0) is 24.3 Å². The number of hydrogen-bond acceptors (Lipinski definition) is 5. The Morgan fingerprint density at radius 2 is 2.25 bits per heavy atom. The molecule has 0 saturated heterocycles. The number of hydrogen-bond donors (Lipinski definition) is 1. The summed E-state index contributed by atoms with van der Waals surface area (Å²) >= 11 is 0. The first kappa shape index (κ1) is 16.9. The normalized spacial score (nSPS) is 18.2. The molecule has 1 aromatic heterocycles. The number of halogens is 1. The molecule has 130 valence electrons. The fraction of sp³-hybridized carbons (Fsp3) is 0.529. The SMILES string of the molecule is COCc1nc2n(n1)C[C@@H](N[C@H](C)c1ccc(OC)c(F)c1)CC2. The number of benzene rings is 1. The van der Waals surface area contributed by atoms with Crippen molar-refractivity contribution in [2.75, 3.05) is 14.2 Å². The first-order valence-corrected chi connectivity index (χ1v) is 8.11. The van der Waals surface area contributed by atoms with Gasteiger partial charge in [0.15, 0.2) is 17.4 Å². The smallest absolute Gasteiger partial charge is 0.176 e. The van der Waals surface area contributed by atoms with E-state index >= 15 is 0 Å². The van der Waals surface area contributed by atoms with Crippen molar-refractivity contribution in [3.8, 4) is 5.75 Å². The van der Waals surface area contributed by atoms with Crippen molar-refractivity contribution < 1.29 is 13.9 Å². The van der Waals surface area contributed by atoms with Gasteiger partial charge in [0, 0.05) is 25.6 Å². The van der Waals surface area contributed by atoms with Crippen molar-refractivity contribution in [2.24, 2.45) is 0 Å². The molecule has 0 amide bonds. The molecule has 24 heavy (non-hydrogen) atoms. The molecule has 0 saturated carbocycles. The molecule has 3 rings (SSSR count). The van der Waals surface area contributed by atoms with Gasteiger partial charge in [0.1, 0.15) is 12.4 Å². The summed E-state index contributed by atoms with van der Waals surface area (Å²) in [4.78, 5) is 4.48. The maximum absolute atomic E-state index is 13.9. The lowest BCUT2D eigenvalue weighted by atomic mass is 10.0. The Bertz CT molecular complexity index is 704. The standard InChI is InChI=1S/C17H23FN4O2/c1-11(12-4-6-15(24-3)14(18)8-12)19-13-5-7-17-20-16(10-23-2)21-22(17)9-13/h4,6,8,11,13,19H,5,7,9-10H2,1-3H3/t11-,13+/m1/s1. The monoisotopic (exact) mass is 334 g/mol. The molecule has 0 unspecified atom stereocenters. The fourth-order valence-corrected chi connectivity index (χ4v) is 3.09. The van der Waals surface area contributed by atoms with Crippen molar-refractivity contribution in [1.82, 2.24) is 20.1 Å². The van der Waals surface area contributed by atoms with Crippen LogP contribution in [0.1, 0.15) is 36.6 Å². The van der Waals surface area contributed by atoms with Gasteiger partial charge >= 0.3 is 0 Å². The topological polar surface area (TPSA) is 61.2 Å². The number of rotatable bonds is 6. The summed E-state index contributed by atoms with van der Waals surface area (Å²) in [6.07, 6.45) is 1.85. The third kappa shape index (κ3) is 3.57. The van der Waals surface area contributed by atoms with E-state index in [2.05, 4.69) is 15.4 Å². The van der Waals surface area contributed by atoms with Crippen molar-refractivity contribution in [3.05, 3.63) is 41.2 Å². The molecule has 1 aliphatic heterocycles. The third-order valence-corrected chi connectivity index (χ3v) is 4.34. The van der Waals surface area contributed by atoms with E-state index < -0.39 is 0 Å². The Kier molecular flexibility index (Phi) is 5.11. The van der Waals surface area contributed by atoms with Crippen molar-refractivity contribution in [3.63, 3.8) is 0 Å². The summed E-state index contributed by atoms with van der Waals surface area (Å²) in [6.45, 7) is 3.23. The third-order valence-electron chi connectivity index (χ3n) is 4.34. The fourth-order valence-electron chi connectivity index (χ4n) is 3.09. The van der Waals surface area contributed by atoms with Gasteiger partial charge in [-0.3, -0.25) is 0 Å². The molecule has 6 nitrogen and oxygen atoms in total. The van der Waals surface area contributed by atoms with Crippen LogP contribution in [0.25, 0.3) is 0 Å². The highest BCUT2D eigenvalue weighted by atomic mass is 19.1. The van der Waals surface area contributed by atoms with Crippen LogP contribution in [-0.4, -0.2) is 35.0 Å². The molecule has 7 heteroatoms. The van der Waals surface area contributed by atoms with E-state index in [9.17, 15) is 4.39 Å². The molecule has 0 aliphatic carbocycles. The van der Waals surface area contributed by atoms with Gasteiger partial charge in [-0.2, -0.15) is 5.10 Å². The van der Waals surface area contributed by atoms with Crippen molar-refractivity contribution in [2.45, 2.75) is 45.0 Å². The second-order valence-electron chi connectivity index (χ2n) is 6.08. The average molecular weight is 334 g/mol. The molecule has 1 N–H and O–H groups in total. The molecule has 2 heterocycles. The lowest BCUT2D eigenvalue weighted by Crippen LogP contribution is -2.39. The van der Waals surface area contributed by atoms with Crippen LogP contribution < -0.4 is 10.1 Å². The largest absolute Gasteiger partial charge is 0.494 e. The summed E-state index contributed by atoms with van der Waals surface area (Å²) in [5.74, 6) is 1.65. The van der Waals surface area contributed by atoms with Gasteiger partial charge in [-0.15, -0.1) is 0 Å². The van der Waals surface area contributed by atoms with Gasteiger partial charge in [0.2, 0.25) is 0 Å². The minimum absolute atomic E-state index is 0.0407. The molecule has 0 spiro atoms. The summed E-state index contributed by atoms with van der Waals surface area (Å²) in [6, 6.07) is 5.39. The summed E-state index contributed by atoms with van der Waals surface area (Å²) in [7, 11) is 3.11. The maximum atomic E-state index is 13.9. The predicted octanol–water partition coefficient (Wildman–Crippen LogP) is 2.24. The van der Waals surface area contributed by atoms with Crippen LogP contribution in [0, 0.1) is 5.82 Å². The number of aromatic nitrogens is 3. The number of nitrogens with one attached hydrogen (secondary N) is 1. The first-order valence-electron chi connectivity index (χ1n) is 8.11. The van der Waals surface area contributed by atoms with Gasteiger partial charge in [-0.05, 0) is 31.0 Å². The van der Waals surface area contributed by atoms with Crippen molar-refractivity contribution >= 4 is 0 Å². The molecular formula is C17H23FN4O2. The van der Waals surface area contributed by atoms with E-state index in [4.69, 9.17) is 9.47 Å². The van der Waals surface area contributed by atoms with Crippen molar-refractivity contribution in [1.29, 1.82) is 0 Å². The van der Waals surface area contributed by atoms with E-state index in [1.165, 1.54) is 13.2 Å². The summed E-state index contributed by atoms with van der Waals surface area (Å²) in [5.41, 5.74) is 0.901. The first-order chi connectivity index (χ1) is 11.6. The van der Waals surface area contributed by atoms with E-state index in [1.54, 1.807) is 13.2 Å².